The molecule has 0 aromatic heterocycles. The summed E-state index contributed by atoms with van der Waals surface area (Å²) in [4.78, 5) is 2.43. The SMILES string of the molecule is CCC(N)C(c1cccc(Br)c1)N1CCC(CO)C1. The van der Waals surface area contributed by atoms with Crippen molar-refractivity contribution in [3.05, 3.63) is 34.3 Å². The largest absolute Gasteiger partial charge is 0.396 e. The minimum Gasteiger partial charge on any atom is -0.396 e. The van der Waals surface area contributed by atoms with Crippen LogP contribution in [0.4, 0.5) is 0 Å². The van der Waals surface area contributed by atoms with E-state index in [4.69, 9.17) is 5.73 Å². The lowest BCUT2D eigenvalue weighted by Crippen LogP contribution is -2.40. The lowest BCUT2D eigenvalue weighted by atomic mass is 9.96. The third-order valence-electron chi connectivity index (χ3n) is 4.04. The Morgan fingerprint density at radius 3 is 2.89 bits per heavy atom. The van der Waals surface area contributed by atoms with Crippen molar-refractivity contribution in [3.8, 4) is 0 Å². The summed E-state index contributed by atoms with van der Waals surface area (Å²) in [6.45, 7) is 4.38. The summed E-state index contributed by atoms with van der Waals surface area (Å²) in [5.41, 5.74) is 7.61. The number of halogens is 1. The van der Waals surface area contributed by atoms with Crippen molar-refractivity contribution in [2.45, 2.75) is 31.8 Å². The van der Waals surface area contributed by atoms with E-state index in [2.05, 4.69) is 46.0 Å². The molecule has 0 bridgehead atoms. The highest BCUT2D eigenvalue weighted by molar-refractivity contribution is 9.10. The third-order valence-corrected chi connectivity index (χ3v) is 4.53. The summed E-state index contributed by atoms with van der Waals surface area (Å²) in [7, 11) is 0. The molecule has 0 spiro atoms. The van der Waals surface area contributed by atoms with Gasteiger partial charge in [-0.05, 0) is 43.0 Å². The van der Waals surface area contributed by atoms with Crippen molar-refractivity contribution in [2.24, 2.45) is 11.7 Å². The maximum Gasteiger partial charge on any atom is 0.0499 e. The van der Waals surface area contributed by atoms with Crippen molar-refractivity contribution in [2.75, 3.05) is 19.7 Å². The number of hydrogen-bond donors (Lipinski definition) is 2. The molecule has 19 heavy (non-hydrogen) atoms. The highest BCUT2D eigenvalue weighted by Gasteiger charge is 2.31. The average molecular weight is 327 g/mol. The summed E-state index contributed by atoms with van der Waals surface area (Å²) in [5.74, 6) is 0.402. The first-order chi connectivity index (χ1) is 9.15. The second kappa shape index (κ2) is 6.84. The molecule has 3 nitrogen and oxygen atoms in total. The molecule has 1 aliphatic heterocycles. The number of rotatable bonds is 5. The molecule has 3 unspecified atom stereocenters. The lowest BCUT2D eigenvalue weighted by molar-refractivity contribution is 0.180. The molecular formula is C15H23BrN2O. The maximum atomic E-state index is 9.31. The Morgan fingerprint density at radius 1 is 1.53 bits per heavy atom. The summed E-state index contributed by atoms with van der Waals surface area (Å²) in [6, 6.07) is 8.79. The molecule has 0 aliphatic carbocycles. The van der Waals surface area contributed by atoms with Gasteiger partial charge in [-0.3, -0.25) is 4.90 Å². The van der Waals surface area contributed by atoms with E-state index in [0.717, 1.165) is 30.4 Å². The van der Waals surface area contributed by atoms with Gasteiger partial charge in [0.05, 0.1) is 0 Å². The fourth-order valence-electron chi connectivity index (χ4n) is 2.91. The molecule has 1 heterocycles. The van der Waals surface area contributed by atoms with E-state index in [1.807, 2.05) is 6.07 Å². The van der Waals surface area contributed by atoms with E-state index in [9.17, 15) is 5.11 Å². The van der Waals surface area contributed by atoms with E-state index >= 15 is 0 Å². The smallest absolute Gasteiger partial charge is 0.0499 e. The van der Waals surface area contributed by atoms with Crippen molar-refractivity contribution >= 4 is 15.9 Å². The molecule has 2 rings (SSSR count). The molecule has 1 aliphatic rings. The van der Waals surface area contributed by atoms with Gasteiger partial charge in [-0.2, -0.15) is 0 Å². The Balaban J connectivity index is 2.21. The zero-order chi connectivity index (χ0) is 13.8. The van der Waals surface area contributed by atoms with E-state index in [1.54, 1.807) is 0 Å². The number of nitrogens with two attached hydrogens (primary N) is 1. The number of nitrogens with zero attached hydrogens (tertiary/aromatic N) is 1. The molecule has 1 aromatic rings. The Morgan fingerprint density at radius 2 is 2.32 bits per heavy atom. The zero-order valence-electron chi connectivity index (χ0n) is 11.4. The molecule has 106 valence electrons. The van der Waals surface area contributed by atoms with Gasteiger partial charge in [0, 0.05) is 29.7 Å². The van der Waals surface area contributed by atoms with Crippen molar-refractivity contribution < 1.29 is 5.11 Å². The summed E-state index contributed by atoms with van der Waals surface area (Å²) in [5, 5.41) is 9.31. The summed E-state index contributed by atoms with van der Waals surface area (Å²) < 4.78 is 1.09. The van der Waals surface area contributed by atoms with Crippen LogP contribution in [-0.2, 0) is 0 Å². The van der Waals surface area contributed by atoms with Gasteiger partial charge < -0.3 is 10.8 Å². The molecule has 0 radical (unpaired) electrons. The van der Waals surface area contributed by atoms with Crippen molar-refractivity contribution in [3.63, 3.8) is 0 Å². The molecule has 4 heteroatoms. The minimum atomic E-state index is 0.131. The molecule has 1 saturated heterocycles. The molecule has 0 amide bonds. The standard InChI is InChI=1S/C15H23BrN2O/c1-2-14(17)15(12-4-3-5-13(16)8-12)18-7-6-11(9-18)10-19/h3-5,8,11,14-15,19H,2,6-7,9-10,17H2,1H3. The van der Waals surface area contributed by atoms with E-state index in [-0.39, 0.29) is 18.7 Å². The Kier molecular flexibility index (Phi) is 5.39. The first kappa shape index (κ1) is 15.0. The van der Waals surface area contributed by atoms with Crippen LogP contribution in [0.15, 0.2) is 28.7 Å². The number of likely N-dealkylation sites (tertiary alicyclic amines) is 1. The topological polar surface area (TPSA) is 49.5 Å². The molecular weight excluding hydrogens is 304 g/mol. The predicted octanol–water partition coefficient (Wildman–Crippen LogP) is 2.54. The van der Waals surface area contributed by atoms with Gasteiger partial charge in [0.25, 0.3) is 0 Å². The highest BCUT2D eigenvalue weighted by Crippen LogP contribution is 2.31. The number of aliphatic hydroxyl groups is 1. The van der Waals surface area contributed by atoms with E-state index in [1.165, 1.54) is 5.56 Å². The van der Waals surface area contributed by atoms with Crippen LogP contribution in [0.2, 0.25) is 0 Å². The van der Waals surface area contributed by atoms with Gasteiger partial charge in [0.2, 0.25) is 0 Å². The molecule has 3 atom stereocenters. The van der Waals surface area contributed by atoms with Crippen LogP contribution < -0.4 is 5.73 Å². The van der Waals surface area contributed by atoms with Crippen LogP contribution in [0, 0.1) is 5.92 Å². The Labute approximate surface area is 123 Å². The van der Waals surface area contributed by atoms with Gasteiger partial charge in [-0.15, -0.1) is 0 Å². The second-order valence-corrected chi connectivity index (χ2v) is 6.32. The Hall–Kier alpha value is -0.420. The predicted molar refractivity (Wildman–Crippen MR) is 81.9 cm³/mol. The number of benzene rings is 1. The van der Waals surface area contributed by atoms with Crippen LogP contribution in [0.5, 0.6) is 0 Å². The Bertz CT molecular complexity index is 413. The van der Waals surface area contributed by atoms with Gasteiger partial charge in [0.15, 0.2) is 0 Å². The first-order valence-electron chi connectivity index (χ1n) is 7.01. The van der Waals surface area contributed by atoms with E-state index in [0.29, 0.717) is 5.92 Å². The van der Waals surface area contributed by atoms with Crippen molar-refractivity contribution in [1.82, 2.24) is 4.90 Å². The minimum absolute atomic E-state index is 0.131. The summed E-state index contributed by atoms with van der Waals surface area (Å²) in [6.07, 6.45) is 2.02. The van der Waals surface area contributed by atoms with Crippen LogP contribution in [0.3, 0.4) is 0 Å². The molecule has 3 N–H and O–H groups in total. The quantitative estimate of drug-likeness (QED) is 0.874. The maximum absolute atomic E-state index is 9.31. The molecule has 0 saturated carbocycles. The zero-order valence-corrected chi connectivity index (χ0v) is 13.0. The third kappa shape index (κ3) is 3.57. The van der Waals surface area contributed by atoms with Crippen LogP contribution in [0.1, 0.15) is 31.4 Å². The monoisotopic (exact) mass is 326 g/mol. The van der Waals surface area contributed by atoms with Gasteiger partial charge in [0.1, 0.15) is 0 Å². The molecule has 1 aromatic carbocycles. The fraction of sp³-hybridized carbons (Fsp3) is 0.600. The molecule has 1 fully saturated rings. The van der Waals surface area contributed by atoms with Gasteiger partial charge in [-0.1, -0.05) is 35.0 Å². The van der Waals surface area contributed by atoms with Gasteiger partial charge >= 0.3 is 0 Å². The van der Waals surface area contributed by atoms with Crippen LogP contribution in [-0.4, -0.2) is 35.7 Å². The van der Waals surface area contributed by atoms with E-state index < -0.39 is 0 Å². The summed E-state index contributed by atoms with van der Waals surface area (Å²) >= 11 is 3.54. The van der Waals surface area contributed by atoms with Crippen LogP contribution in [0.25, 0.3) is 0 Å². The lowest BCUT2D eigenvalue weighted by Gasteiger charge is -2.33. The number of aliphatic hydroxyl groups excluding tert-OH is 1. The van der Waals surface area contributed by atoms with Gasteiger partial charge in [-0.25, -0.2) is 0 Å². The van der Waals surface area contributed by atoms with Crippen LogP contribution >= 0.6 is 15.9 Å². The first-order valence-corrected chi connectivity index (χ1v) is 7.81. The normalized spacial score (nSPS) is 23.5. The second-order valence-electron chi connectivity index (χ2n) is 5.40. The average Bonchev–Trinajstić information content (AvgIpc) is 2.87. The highest BCUT2D eigenvalue weighted by atomic mass is 79.9. The van der Waals surface area contributed by atoms with Crippen molar-refractivity contribution in [1.29, 1.82) is 0 Å². The fourth-order valence-corrected chi connectivity index (χ4v) is 3.32. The number of hydrogen-bond acceptors (Lipinski definition) is 3.